The van der Waals surface area contributed by atoms with Gasteiger partial charge >= 0.3 is 0 Å². The Labute approximate surface area is 251 Å². The third kappa shape index (κ3) is 4.65. The van der Waals surface area contributed by atoms with Crippen molar-refractivity contribution in [2.45, 2.75) is 190 Å². The maximum absolute atomic E-state index is 7.58. The molecule has 9 fully saturated rings. The third-order valence-corrected chi connectivity index (χ3v) is 15.6. The first-order valence-corrected chi connectivity index (χ1v) is 19.4. The lowest BCUT2D eigenvalue weighted by molar-refractivity contribution is -0.109. The fourth-order valence-electron chi connectivity index (χ4n) is 14.0. The van der Waals surface area contributed by atoms with Crippen LogP contribution in [-0.4, -0.2) is 47.4 Å². The Morgan fingerprint density at radius 2 is 1.10 bits per heavy atom. The van der Waals surface area contributed by atoms with E-state index >= 15 is 0 Å². The van der Waals surface area contributed by atoms with Gasteiger partial charge in [-0.3, -0.25) is 4.90 Å². The molecule has 3 nitrogen and oxygen atoms in total. The lowest BCUT2D eigenvalue weighted by Gasteiger charge is -2.55. The monoisotopic (exact) mass is 563 g/mol. The summed E-state index contributed by atoms with van der Waals surface area (Å²) in [6, 6.07) is 2.40. The average molecular weight is 564 g/mol. The smallest absolute Gasteiger partial charge is 0.0766 e. The van der Waals surface area contributed by atoms with Gasteiger partial charge in [0.1, 0.15) is 0 Å². The van der Waals surface area contributed by atoms with Crippen LogP contribution < -0.4 is 0 Å². The molecule has 2 aliphatic heterocycles. The van der Waals surface area contributed by atoms with Gasteiger partial charge in [-0.05, 0) is 131 Å². The Hall–Kier alpha value is -0.120. The van der Waals surface area contributed by atoms with E-state index in [-0.39, 0.29) is 0 Å². The molecule has 0 N–H and O–H groups in total. The van der Waals surface area contributed by atoms with Crippen molar-refractivity contribution in [1.29, 1.82) is 0 Å². The zero-order valence-corrected chi connectivity index (χ0v) is 26.2. The molecule has 2 saturated heterocycles. The molecular weight excluding hydrogens is 502 g/mol. The predicted octanol–water partition coefficient (Wildman–Crippen LogP) is 8.93. The van der Waals surface area contributed by atoms with Gasteiger partial charge in [-0.15, -0.1) is 0 Å². The number of nitrogens with zero attached hydrogens (tertiary/aromatic N) is 1. The van der Waals surface area contributed by atoms with Crippen LogP contribution in [0.25, 0.3) is 0 Å². The maximum Gasteiger partial charge on any atom is 0.0766 e. The predicted molar refractivity (Wildman–Crippen MR) is 165 cm³/mol. The van der Waals surface area contributed by atoms with Gasteiger partial charge in [0, 0.05) is 24.0 Å². The highest BCUT2D eigenvalue weighted by atomic mass is 16.5. The molecule has 14 unspecified atom stereocenters. The highest BCUT2D eigenvalue weighted by Gasteiger charge is 2.61. The zero-order valence-electron chi connectivity index (χ0n) is 26.2. The van der Waals surface area contributed by atoms with Crippen LogP contribution in [0.3, 0.4) is 0 Å². The molecule has 0 bridgehead atoms. The van der Waals surface area contributed by atoms with E-state index in [1.54, 1.807) is 38.5 Å². The van der Waals surface area contributed by atoms with E-state index in [1.807, 2.05) is 0 Å². The van der Waals surface area contributed by atoms with Gasteiger partial charge < -0.3 is 9.47 Å². The molecule has 0 aromatic carbocycles. The Kier molecular flexibility index (Phi) is 7.53. The van der Waals surface area contributed by atoms with E-state index in [4.69, 9.17) is 9.47 Å². The summed E-state index contributed by atoms with van der Waals surface area (Å²) in [6.45, 7) is 0. The summed E-state index contributed by atoms with van der Waals surface area (Å²) in [7, 11) is 0. The van der Waals surface area contributed by atoms with Gasteiger partial charge in [-0.1, -0.05) is 57.8 Å². The van der Waals surface area contributed by atoms with E-state index in [9.17, 15) is 0 Å². The van der Waals surface area contributed by atoms with Gasteiger partial charge in [-0.25, -0.2) is 0 Å². The van der Waals surface area contributed by atoms with E-state index < -0.39 is 0 Å². The first kappa shape index (κ1) is 27.2. The van der Waals surface area contributed by atoms with Gasteiger partial charge in [0.15, 0.2) is 0 Å². The molecule has 0 amide bonds. The second-order valence-electron chi connectivity index (χ2n) is 17.1. The van der Waals surface area contributed by atoms with Crippen molar-refractivity contribution in [2.75, 3.05) is 0 Å². The molecule has 41 heavy (non-hydrogen) atoms. The normalized spacial score (nSPS) is 53.5. The second kappa shape index (κ2) is 11.3. The fraction of sp³-hybridized carbons (Fsp3) is 1.00. The molecule has 0 radical (unpaired) electrons. The quantitative estimate of drug-likeness (QED) is 0.342. The number of ether oxygens (including phenoxy) is 2. The molecule has 7 saturated carbocycles. The van der Waals surface area contributed by atoms with Crippen molar-refractivity contribution < 1.29 is 9.47 Å². The Balaban J connectivity index is 0.995. The Morgan fingerprint density at radius 3 is 2.00 bits per heavy atom. The molecule has 9 rings (SSSR count). The van der Waals surface area contributed by atoms with Crippen molar-refractivity contribution in [3.8, 4) is 0 Å². The van der Waals surface area contributed by atoms with Crippen LogP contribution in [0.1, 0.15) is 148 Å². The molecule has 230 valence electrons. The highest BCUT2D eigenvalue weighted by Crippen LogP contribution is 2.58. The van der Waals surface area contributed by atoms with Crippen molar-refractivity contribution in [2.24, 2.45) is 47.3 Å². The van der Waals surface area contributed by atoms with E-state index in [1.165, 1.54) is 109 Å². The van der Waals surface area contributed by atoms with Crippen molar-refractivity contribution in [3.63, 3.8) is 0 Å². The van der Waals surface area contributed by atoms with E-state index in [0.29, 0.717) is 36.4 Å². The summed E-state index contributed by atoms with van der Waals surface area (Å²) in [5, 5.41) is 0. The Bertz CT molecular complexity index is 916. The molecule has 3 heteroatoms. The van der Waals surface area contributed by atoms with Crippen LogP contribution in [0.5, 0.6) is 0 Å². The maximum atomic E-state index is 7.58. The van der Waals surface area contributed by atoms with Gasteiger partial charge in [0.25, 0.3) is 0 Å². The van der Waals surface area contributed by atoms with Crippen LogP contribution in [0.2, 0.25) is 0 Å². The van der Waals surface area contributed by atoms with Gasteiger partial charge in [0.05, 0.1) is 24.4 Å². The first-order valence-electron chi connectivity index (χ1n) is 19.4. The summed E-state index contributed by atoms with van der Waals surface area (Å²) < 4.78 is 14.4. The Morgan fingerprint density at radius 1 is 0.390 bits per heavy atom. The molecular formula is C38H61NO2. The van der Waals surface area contributed by atoms with Crippen LogP contribution in [0, 0.1) is 47.3 Å². The number of fused-ring (bicyclic) bond motifs is 10. The largest absolute Gasteiger partial charge is 0.374 e. The molecule has 9 aliphatic rings. The van der Waals surface area contributed by atoms with Crippen molar-refractivity contribution in [1.82, 2.24) is 4.90 Å². The van der Waals surface area contributed by atoms with Crippen LogP contribution in [0.4, 0.5) is 0 Å². The lowest BCUT2D eigenvalue weighted by Crippen LogP contribution is -2.59. The average Bonchev–Trinajstić information content (AvgIpc) is 3.60. The third-order valence-electron chi connectivity index (χ3n) is 15.6. The topological polar surface area (TPSA) is 21.7 Å². The summed E-state index contributed by atoms with van der Waals surface area (Å²) >= 11 is 0. The van der Waals surface area contributed by atoms with Crippen molar-refractivity contribution >= 4 is 0 Å². The minimum atomic E-state index is 0.516. The number of hydrogen-bond acceptors (Lipinski definition) is 3. The molecule has 14 atom stereocenters. The minimum Gasteiger partial charge on any atom is -0.374 e. The molecule has 2 heterocycles. The fourth-order valence-corrected chi connectivity index (χ4v) is 14.0. The van der Waals surface area contributed by atoms with E-state index in [0.717, 1.165) is 53.5 Å². The van der Waals surface area contributed by atoms with Crippen LogP contribution in [0.15, 0.2) is 0 Å². The molecule has 0 spiro atoms. The first-order chi connectivity index (χ1) is 20.3. The van der Waals surface area contributed by atoms with Gasteiger partial charge in [-0.2, -0.15) is 0 Å². The minimum absolute atomic E-state index is 0.516. The standard InChI is InChI=1S/C38H61NO2/c1-2-10-26(11-3-1)39(27-20-19-25-18-17-24-9-4-5-12-28(24)32(25)23-27)33-15-8-14-29-30-21-22-35-36(38(30)41-37(29)33)31-13-6-7-16-34(31)40-35/h24-38H,1-23H2. The summed E-state index contributed by atoms with van der Waals surface area (Å²) in [5.41, 5.74) is 0. The van der Waals surface area contributed by atoms with Crippen LogP contribution in [-0.2, 0) is 9.47 Å². The SMILES string of the molecule is C1CCC(N(C2CCC3CCC4CCCCC4C3C2)C2CCCC3C4CCC5OC6CCCCC6C5C4OC32)CC1. The molecule has 0 aromatic rings. The lowest BCUT2D eigenvalue weighted by atomic mass is 9.57. The van der Waals surface area contributed by atoms with Gasteiger partial charge in [0.2, 0.25) is 0 Å². The van der Waals surface area contributed by atoms with Crippen molar-refractivity contribution in [3.05, 3.63) is 0 Å². The zero-order chi connectivity index (χ0) is 26.9. The van der Waals surface area contributed by atoms with E-state index in [2.05, 4.69) is 4.90 Å². The number of rotatable bonds is 3. The summed E-state index contributed by atoms with van der Waals surface area (Å²) in [6.07, 6.45) is 36.0. The summed E-state index contributed by atoms with van der Waals surface area (Å²) in [5.74, 6) is 7.45. The highest BCUT2D eigenvalue weighted by molar-refractivity contribution is 5.10. The molecule has 7 aliphatic carbocycles. The second-order valence-corrected chi connectivity index (χ2v) is 17.1. The molecule has 0 aromatic heterocycles. The number of hydrogen-bond donors (Lipinski definition) is 0. The van der Waals surface area contributed by atoms with Crippen LogP contribution >= 0.6 is 0 Å². The summed E-state index contributed by atoms with van der Waals surface area (Å²) in [4.78, 5) is 3.28.